The molecule has 2 atom stereocenters. The number of ether oxygens (including phenoxy) is 2. The fraction of sp³-hybridized carbons (Fsp3) is 0.571. The van der Waals surface area contributed by atoms with Crippen LogP contribution < -0.4 is 10.1 Å². The van der Waals surface area contributed by atoms with Crippen molar-refractivity contribution >= 4 is 0 Å². The molecule has 2 unspecified atom stereocenters. The minimum atomic E-state index is -4.64. The summed E-state index contributed by atoms with van der Waals surface area (Å²) in [5.41, 5.74) is 0.908. The van der Waals surface area contributed by atoms with Crippen molar-refractivity contribution in [3.05, 3.63) is 29.8 Å². The van der Waals surface area contributed by atoms with E-state index in [1.54, 1.807) is 13.2 Å². The molecule has 20 heavy (non-hydrogen) atoms. The molecule has 1 N–H and O–H groups in total. The molecular weight excluding hydrogens is 271 g/mol. The van der Waals surface area contributed by atoms with Crippen molar-refractivity contribution in [1.29, 1.82) is 0 Å². The topological polar surface area (TPSA) is 30.5 Å². The van der Waals surface area contributed by atoms with Gasteiger partial charge in [0.1, 0.15) is 5.75 Å². The Hall–Kier alpha value is -1.27. The summed E-state index contributed by atoms with van der Waals surface area (Å²) in [5.74, 6) is 0.655. The second-order valence-electron chi connectivity index (χ2n) is 4.92. The molecule has 6 heteroatoms. The van der Waals surface area contributed by atoms with Crippen LogP contribution >= 0.6 is 0 Å². The second-order valence-corrected chi connectivity index (χ2v) is 4.92. The van der Waals surface area contributed by atoms with Gasteiger partial charge < -0.3 is 14.8 Å². The molecule has 1 aliphatic carbocycles. The second kappa shape index (κ2) is 6.45. The maximum atomic E-state index is 12.2. The average Bonchev–Trinajstić information content (AvgIpc) is 3.12. The molecule has 0 amide bonds. The highest BCUT2D eigenvalue weighted by molar-refractivity contribution is 5.34. The molecule has 1 aromatic carbocycles. The Morgan fingerprint density at radius 1 is 1.35 bits per heavy atom. The van der Waals surface area contributed by atoms with E-state index in [1.807, 2.05) is 6.07 Å². The van der Waals surface area contributed by atoms with Crippen molar-refractivity contribution in [3.63, 3.8) is 0 Å². The van der Waals surface area contributed by atoms with E-state index in [4.69, 9.17) is 4.74 Å². The first-order chi connectivity index (χ1) is 9.49. The van der Waals surface area contributed by atoms with Gasteiger partial charge in [-0.2, -0.15) is 0 Å². The van der Waals surface area contributed by atoms with Crippen molar-refractivity contribution in [2.24, 2.45) is 5.92 Å². The van der Waals surface area contributed by atoms with Crippen LogP contribution in [0.5, 0.6) is 5.75 Å². The molecule has 2 rings (SSSR count). The summed E-state index contributed by atoms with van der Waals surface area (Å²) in [5, 5.41) is 3.26. The lowest BCUT2D eigenvalue weighted by atomic mass is 10.1. The lowest BCUT2D eigenvalue weighted by Gasteiger charge is -2.10. The number of nitrogens with one attached hydrogen (secondary N) is 1. The first-order valence-corrected chi connectivity index (χ1v) is 6.55. The Kier molecular flexibility index (Phi) is 4.88. The Balaban J connectivity index is 1.84. The normalized spacial score (nSPS) is 21.8. The fourth-order valence-electron chi connectivity index (χ4n) is 2.29. The molecule has 0 radical (unpaired) electrons. The van der Waals surface area contributed by atoms with Crippen LogP contribution in [0, 0.1) is 5.92 Å². The van der Waals surface area contributed by atoms with Gasteiger partial charge >= 0.3 is 6.36 Å². The smallest absolute Gasteiger partial charge is 0.406 e. The number of hydrogen-bond donors (Lipinski definition) is 1. The highest BCUT2D eigenvalue weighted by Gasteiger charge is 2.38. The molecule has 0 bridgehead atoms. The molecule has 0 saturated heterocycles. The van der Waals surface area contributed by atoms with Crippen LogP contribution in [0.4, 0.5) is 13.2 Å². The van der Waals surface area contributed by atoms with E-state index in [2.05, 4.69) is 10.1 Å². The largest absolute Gasteiger partial charge is 0.573 e. The van der Waals surface area contributed by atoms with Gasteiger partial charge in [0.2, 0.25) is 0 Å². The maximum Gasteiger partial charge on any atom is 0.573 e. The average molecular weight is 289 g/mol. The Morgan fingerprint density at radius 3 is 2.85 bits per heavy atom. The zero-order chi connectivity index (χ0) is 14.6. The third kappa shape index (κ3) is 4.68. The summed E-state index contributed by atoms with van der Waals surface area (Å²) >= 11 is 0. The van der Waals surface area contributed by atoms with E-state index < -0.39 is 6.36 Å². The minimum Gasteiger partial charge on any atom is -0.406 e. The number of hydrogen-bond acceptors (Lipinski definition) is 3. The van der Waals surface area contributed by atoms with Crippen LogP contribution in [0.3, 0.4) is 0 Å². The first-order valence-electron chi connectivity index (χ1n) is 6.55. The van der Waals surface area contributed by atoms with E-state index >= 15 is 0 Å². The predicted molar refractivity (Wildman–Crippen MR) is 68.7 cm³/mol. The van der Waals surface area contributed by atoms with Crippen LogP contribution in [-0.2, 0) is 4.74 Å². The third-order valence-electron chi connectivity index (χ3n) is 3.33. The van der Waals surface area contributed by atoms with Gasteiger partial charge in [0, 0.05) is 13.7 Å². The van der Waals surface area contributed by atoms with Crippen LogP contribution in [-0.4, -0.2) is 33.2 Å². The zero-order valence-electron chi connectivity index (χ0n) is 11.2. The molecule has 0 aromatic heterocycles. The van der Waals surface area contributed by atoms with Gasteiger partial charge in [-0.3, -0.25) is 0 Å². The minimum absolute atomic E-state index is 0.145. The molecule has 0 aliphatic heterocycles. The van der Waals surface area contributed by atoms with Crippen molar-refractivity contribution < 1.29 is 22.6 Å². The summed E-state index contributed by atoms with van der Waals surface area (Å²) in [6.45, 7) is 2.31. The van der Waals surface area contributed by atoms with Crippen LogP contribution in [0.2, 0.25) is 0 Å². The van der Waals surface area contributed by atoms with Crippen LogP contribution in [0.15, 0.2) is 24.3 Å². The Bertz CT molecular complexity index is 437. The van der Waals surface area contributed by atoms with E-state index in [9.17, 15) is 13.2 Å². The lowest BCUT2D eigenvalue weighted by molar-refractivity contribution is -0.274. The lowest BCUT2D eigenvalue weighted by Crippen LogP contribution is -2.21. The number of benzene rings is 1. The monoisotopic (exact) mass is 289 g/mol. The quantitative estimate of drug-likeness (QED) is 0.783. The van der Waals surface area contributed by atoms with E-state index in [-0.39, 0.29) is 5.75 Å². The standard InChI is InChI=1S/C14H18F3NO2/c1-19-6-5-18-9-11-8-13(11)10-3-2-4-12(7-10)20-14(15,16)17/h2-4,7,11,13,18H,5-6,8-9H2,1H3. The predicted octanol–water partition coefficient (Wildman–Crippen LogP) is 2.92. The van der Waals surface area contributed by atoms with Gasteiger partial charge in [-0.05, 0) is 42.5 Å². The molecule has 1 fully saturated rings. The van der Waals surface area contributed by atoms with Gasteiger partial charge in [-0.1, -0.05) is 12.1 Å². The van der Waals surface area contributed by atoms with Crippen LogP contribution in [0.25, 0.3) is 0 Å². The molecular formula is C14H18F3NO2. The summed E-state index contributed by atoms with van der Waals surface area (Å²) in [4.78, 5) is 0. The SMILES string of the molecule is COCCNCC1CC1c1cccc(OC(F)(F)F)c1. The van der Waals surface area contributed by atoms with E-state index in [0.29, 0.717) is 18.4 Å². The Morgan fingerprint density at radius 2 is 2.15 bits per heavy atom. The van der Waals surface area contributed by atoms with E-state index in [1.165, 1.54) is 12.1 Å². The number of rotatable bonds is 7. The molecule has 1 aliphatic rings. The van der Waals surface area contributed by atoms with Gasteiger partial charge in [0.05, 0.1) is 6.61 Å². The van der Waals surface area contributed by atoms with Crippen molar-refractivity contribution in [1.82, 2.24) is 5.32 Å². The molecule has 0 spiro atoms. The summed E-state index contributed by atoms with van der Waals surface area (Å²) in [7, 11) is 1.65. The summed E-state index contributed by atoms with van der Waals surface area (Å²) < 4.78 is 45.4. The highest BCUT2D eigenvalue weighted by Crippen LogP contribution is 2.47. The first kappa shape index (κ1) is 15.1. The van der Waals surface area contributed by atoms with Gasteiger partial charge in [0.15, 0.2) is 0 Å². The third-order valence-corrected chi connectivity index (χ3v) is 3.33. The van der Waals surface area contributed by atoms with E-state index in [0.717, 1.165) is 25.1 Å². The van der Waals surface area contributed by atoms with Crippen molar-refractivity contribution in [3.8, 4) is 5.75 Å². The van der Waals surface area contributed by atoms with Crippen molar-refractivity contribution in [2.45, 2.75) is 18.7 Å². The molecule has 3 nitrogen and oxygen atoms in total. The van der Waals surface area contributed by atoms with Gasteiger partial charge in [-0.25, -0.2) is 0 Å². The number of methoxy groups -OCH3 is 1. The van der Waals surface area contributed by atoms with Gasteiger partial charge in [0.25, 0.3) is 0 Å². The molecule has 1 saturated carbocycles. The van der Waals surface area contributed by atoms with Crippen molar-refractivity contribution in [2.75, 3.05) is 26.8 Å². The summed E-state index contributed by atoms with van der Waals surface area (Å²) in [6, 6.07) is 6.26. The molecule has 0 heterocycles. The zero-order valence-corrected chi connectivity index (χ0v) is 11.2. The molecule has 112 valence electrons. The van der Waals surface area contributed by atoms with Gasteiger partial charge in [-0.15, -0.1) is 13.2 Å². The number of alkyl halides is 3. The Labute approximate surface area is 116 Å². The number of halogens is 3. The fourth-order valence-corrected chi connectivity index (χ4v) is 2.29. The maximum absolute atomic E-state index is 12.2. The molecule has 1 aromatic rings. The van der Waals surface area contributed by atoms with Crippen LogP contribution in [0.1, 0.15) is 17.9 Å². The summed E-state index contributed by atoms with van der Waals surface area (Å²) in [6.07, 6.45) is -3.64. The highest BCUT2D eigenvalue weighted by atomic mass is 19.4.